The number of nitrogens with one attached hydrogen (secondary N) is 1. The van der Waals surface area contributed by atoms with Crippen molar-refractivity contribution in [1.29, 1.82) is 0 Å². The predicted molar refractivity (Wildman–Crippen MR) is 115 cm³/mol. The lowest BCUT2D eigenvalue weighted by molar-refractivity contribution is -0.120. The second-order valence-electron chi connectivity index (χ2n) is 7.25. The SMILES string of the molecule is CCOc1ccc(S(=O)(=O)N2CCC[C@@H](C(=O)Nc3ccccc3OC)C2)cc1C. The highest BCUT2D eigenvalue weighted by molar-refractivity contribution is 7.89. The summed E-state index contributed by atoms with van der Waals surface area (Å²) in [5, 5.41) is 2.87. The molecule has 1 heterocycles. The first-order chi connectivity index (χ1) is 14.4. The molecule has 0 bridgehead atoms. The Morgan fingerprint density at radius 2 is 1.97 bits per heavy atom. The maximum Gasteiger partial charge on any atom is 0.243 e. The van der Waals surface area contributed by atoms with Crippen LogP contribution in [0.15, 0.2) is 47.4 Å². The van der Waals surface area contributed by atoms with Gasteiger partial charge >= 0.3 is 0 Å². The molecule has 2 aromatic carbocycles. The van der Waals surface area contributed by atoms with Crippen LogP contribution in [-0.4, -0.2) is 45.4 Å². The number of amides is 1. The minimum absolute atomic E-state index is 0.148. The van der Waals surface area contributed by atoms with Crippen LogP contribution in [-0.2, 0) is 14.8 Å². The van der Waals surface area contributed by atoms with Gasteiger partial charge in [0.2, 0.25) is 15.9 Å². The van der Waals surface area contributed by atoms with E-state index < -0.39 is 15.9 Å². The third-order valence-electron chi connectivity index (χ3n) is 5.20. The van der Waals surface area contributed by atoms with Gasteiger partial charge in [0.15, 0.2) is 0 Å². The fourth-order valence-corrected chi connectivity index (χ4v) is 5.22. The van der Waals surface area contributed by atoms with Crippen molar-refractivity contribution in [1.82, 2.24) is 4.31 Å². The third-order valence-corrected chi connectivity index (χ3v) is 7.06. The number of carbonyl (C=O) groups excluding carboxylic acids is 1. The summed E-state index contributed by atoms with van der Waals surface area (Å²) >= 11 is 0. The Bertz CT molecular complexity index is 1010. The number of ether oxygens (including phenoxy) is 2. The predicted octanol–water partition coefficient (Wildman–Crippen LogP) is 3.44. The summed E-state index contributed by atoms with van der Waals surface area (Å²) in [4.78, 5) is 13.0. The molecular weight excluding hydrogens is 404 g/mol. The zero-order chi connectivity index (χ0) is 21.7. The molecule has 0 aliphatic carbocycles. The summed E-state index contributed by atoms with van der Waals surface area (Å²) in [6, 6.07) is 12.0. The highest BCUT2D eigenvalue weighted by Crippen LogP contribution is 2.29. The largest absolute Gasteiger partial charge is 0.495 e. The molecule has 1 N–H and O–H groups in total. The van der Waals surface area contributed by atoms with Crippen molar-refractivity contribution in [3.8, 4) is 11.5 Å². The lowest BCUT2D eigenvalue weighted by Crippen LogP contribution is -2.43. The molecule has 0 unspecified atom stereocenters. The minimum atomic E-state index is -3.70. The van der Waals surface area contributed by atoms with Gasteiger partial charge in [0, 0.05) is 13.1 Å². The smallest absolute Gasteiger partial charge is 0.243 e. The van der Waals surface area contributed by atoms with Crippen LogP contribution in [0.3, 0.4) is 0 Å². The molecule has 1 aliphatic rings. The summed E-state index contributed by atoms with van der Waals surface area (Å²) < 4.78 is 38.5. The molecule has 0 spiro atoms. The highest BCUT2D eigenvalue weighted by Gasteiger charge is 2.33. The lowest BCUT2D eigenvalue weighted by atomic mass is 9.98. The van der Waals surface area contributed by atoms with Crippen molar-refractivity contribution in [3.63, 3.8) is 0 Å². The molecular formula is C22H28N2O5S. The maximum atomic E-state index is 13.2. The van der Waals surface area contributed by atoms with Crippen molar-refractivity contribution < 1.29 is 22.7 Å². The monoisotopic (exact) mass is 432 g/mol. The minimum Gasteiger partial charge on any atom is -0.495 e. The highest BCUT2D eigenvalue weighted by atomic mass is 32.2. The molecule has 1 fully saturated rings. The van der Waals surface area contributed by atoms with Gasteiger partial charge in [-0.2, -0.15) is 4.31 Å². The van der Waals surface area contributed by atoms with Crippen molar-refractivity contribution in [3.05, 3.63) is 48.0 Å². The van der Waals surface area contributed by atoms with Gasteiger partial charge in [0.1, 0.15) is 11.5 Å². The van der Waals surface area contributed by atoms with E-state index >= 15 is 0 Å². The van der Waals surface area contributed by atoms with E-state index in [0.717, 1.165) is 5.56 Å². The zero-order valence-corrected chi connectivity index (χ0v) is 18.4. The van der Waals surface area contributed by atoms with E-state index in [9.17, 15) is 13.2 Å². The fraction of sp³-hybridized carbons (Fsp3) is 0.409. The van der Waals surface area contributed by atoms with E-state index in [0.29, 0.717) is 43.2 Å². The molecule has 0 radical (unpaired) electrons. The first kappa shape index (κ1) is 22.1. The lowest BCUT2D eigenvalue weighted by Gasteiger charge is -2.31. The van der Waals surface area contributed by atoms with E-state index in [4.69, 9.17) is 9.47 Å². The second-order valence-corrected chi connectivity index (χ2v) is 9.19. The van der Waals surface area contributed by atoms with Crippen LogP contribution in [0.4, 0.5) is 5.69 Å². The van der Waals surface area contributed by atoms with E-state index in [1.165, 1.54) is 4.31 Å². The van der Waals surface area contributed by atoms with E-state index in [1.807, 2.05) is 26.0 Å². The van der Waals surface area contributed by atoms with Crippen LogP contribution in [0.5, 0.6) is 11.5 Å². The van der Waals surface area contributed by atoms with Crippen molar-refractivity contribution >= 4 is 21.6 Å². The standard InChI is InChI=1S/C22H28N2O5S/c1-4-29-20-12-11-18(14-16(20)2)30(26,27)24-13-7-8-17(15-24)22(25)23-19-9-5-6-10-21(19)28-3/h5-6,9-12,14,17H,4,7-8,13,15H2,1-3H3,(H,23,25)/t17-/m1/s1. The van der Waals surface area contributed by atoms with Gasteiger partial charge in [-0.15, -0.1) is 0 Å². The van der Waals surface area contributed by atoms with E-state index in [1.54, 1.807) is 37.4 Å². The van der Waals surface area contributed by atoms with Gasteiger partial charge in [-0.05, 0) is 62.6 Å². The maximum absolute atomic E-state index is 13.2. The number of hydrogen-bond acceptors (Lipinski definition) is 5. The normalized spacial score (nSPS) is 17.4. The number of rotatable bonds is 7. The summed E-state index contributed by atoms with van der Waals surface area (Å²) in [7, 11) is -2.15. The Morgan fingerprint density at radius 1 is 1.20 bits per heavy atom. The molecule has 8 heteroatoms. The molecule has 0 saturated carbocycles. The molecule has 1 aliphatic heterocycles. The summed E-state index contributed by atoms with van der Waals surface area (Å²) in [5.41, 5.74) is 1.34. The number of nitrogens with zero attached hydrogens (tertiary/aromatic N) is 1. The van der Waals surface area contributed by atoms with Crippen LogP contribution in [0.2, 0.25) is 0 Å². The number of aryl methyl sites for hydroxylation is 1. The van der Waals surface area contributed by atoms with E-state index in [-0.39, 0.29) is 17.3 Å². The number of carbonyl (C=O) groups is 1. The van der Waals surface area contributed by atoms with Gasteiger partial charge in [-0.25, -0.2) is 8.42 Å². The number of para-hydroxylation sites is 2. The zero-order valence-electron chi connectivity index (χ0n) is 17.6. The van der Waals surface area contributed by atoms with Gasteiger partial charge < -0.3 is 14.8 Å². The fourth-order valence-electron chi connectivity index (χ4n) is 3.61. The molecule has 7 nitrogen and oxygen atoms in total. The topological polar surface area (TPSA) is 84.9 Å². The molecule has 2 aromatic rings. The number of hydrogen-bond donors (Lipinski definition) is 1. The molecule has 30 heavy (non-hydrogen) atoms. The van der Waals surface area contributed by atoms with Crippen LogP contribution < -0.4 is 14.8 Å². The number of anilines is 1. The van der Waals surface area contributed by atoms with Crippen molar-refractivity contribution in [2.75, 3.05) is 32.1 Å². The average molecular weight is 433 g/mol. The third kappa shape index (κ3) is 4.76. The second kappa shape index (κ2) is 9.49. The number of benzene rings is 2. The average Bonchev–Trinajstić information content (AvgIpc) is 2.75. The van der Waals surface area contributed by atoms with Gasteiger partial charge in [0.25, 0.3) is 0 Å². The summed E-state index contributed by atoms with van der Waals surface area (Å²) in [6.07, 6.45) is 1.26. The van der Waals surface area contributed by atoms with Crippen molar-refractivity contribution in [2.45, 2.75) is 31.6 Å². The van der Waals surface area contributed by atoms with Crippen LogP contribution in [0.25, 0.3) is 0 Å². The Morgan fingerprint density at radius 3 is 2.67 bits per heavy atom. The number of methoxy groups -OCH3 is 1. The Labute approximate surface area is 178 Å². The summed E-state index contributed by atoms with van der Waals surface area (Å²) in [6.45, 7) is 4.77. The van der Waals surface area contributed by atoms with E-state index in [2.05, 4.69) is 5.32 Å². The molecule has 0 aromatic heterocycles. The van der Waals surface area contributed by atoms with Gasteiger partial charge in [0.05, 0.1) is 30.2 Å². The molecule has 1 amide bonds. The van der Waals surface area contributed by atoms with Gasteiger partial charge in [-0.3, -0.25) is 4.79 Å². The molecule has 162 valence electrons. The van der Waals surface area contributed by atoms with Gasteiger partial charge in [-0.1, -0.05) is 12.1 Å². The Kier molecular flexibility index (Phi) is 6.99. The van der Waals surface area contributed by atoms with Crippen LogP contribution >= 0.6 is 0 Å². The number of piperidine rings is 1. The van der Waals surface area contributed by atoms with Crippen LogP contribution in [0, 0.1) is 12.8 Å². The first-order valence-electron chi connectivity index (χ1n) is 10.0. The van der Waals surface area contributed by atoms with Crippen molar-refractivity contribution in [2.24, 2.45) is 5.92 Å². The summed E-state index contributed by atoms with van der Waals surface area (Å²) in [5.74, 6) is 0.602. The van der Waals surface area contributed by atoms with Crippen LogP contribution in [0.1, 0.15) is 25.3 Å². The first-order valence-corrected chi connectivity index (χ1v) is 11.5. The Balaban J connectivity index is 1.75. The molecule has 1 atom stereocenters. The Hall–Kier alpha value is -2.58. The number of sulfonamides is 1. The quantitative estimate of drug-likeness (QED) is 0.724. The molecule has 1 saturated heterocycles. The molecule has 3 rings (SSSR count).